The highest BCUT2D eigenvalue weighted by Gasteiger charge is 2.40. The van der Waals surface area contributed by atoms with E-state index in [9.17, 15) is 4.79 Å². The Balaban J connectivity index is 1.99. The van der Waals surface area contributed by atoms with Crippen LogP contribution in [0.25, 0.3) is 6.08 Å². The van der Waals surface area contributed by atoms with Crippen molar-refractivity contribution in [1.82, 2.24) is 9.80 Å². The summed E-state index contributed by atoms with van der Waals surface area (Å²) in [4.78, 5) is 16.7. The lowest BCUT2D eigenvalue weighted by Crippen LogP contribution is -2.41. The third-order valence-electron chi connectivity index (χ3n) is 5.26. The summed E-state index contributed by atoms with van der Waals surface area (Å²) in [6.07, 6.45) is 7.33. The predicted molar refractivity (Wildman–Crippen MR) is 108 cm³/mol. The van der Waals surface area contributed by atoms with Crippen LogP contribution in [0.2, 0.25) is 0 Å². The molecule has 1 aliphatic carbocycles. The van der Waals surface area contributed by atoms with Gasteiger partial charge in [0.05, 0.1) is 21.3 Å². The summed E-state index contributed by atoms with van der Waals surface area (Å²) in [5.41, 5.74) is 1.27. The van der Waals surface area contributed by atoms with Crippen LogP contribution in [0.15, 0.2) is 17.8 Å². The molecule has 146 valence electrons. The average Bonchev–Trinajstić information content (AvgIpc) is 2.91. The second-order valence-electron chi connectivity index (χ2n) is 6.79. The molecular weight excluding hydrogens is 364 g/mol. The third kappa shape index (κ3) is 3.60. The molecule has 0 unspecified atom stereocenters. The van der Waals surface area contributed by atoms with Gasteiger partial charge < -0.3 is 19.1 Å². The summed E-state index contributed by atoms with van der Waals surface area (Å²) in [7, 11) is 6.57. The van der Waals surface area contributed by atoms with Crippen LogP contribution in [-0.2, 0) is 4.79 Å². The van der Waals surface area contributed by atoms with Gasteiger partial charge in [-0.05, 0) is 37.2 Å². The summed E-state index contributed by atoms with van der Waals surface area (Å²) < 4.78 is 16.2. The molecule has 2 fully saturated rings. The molecular formula is C20H26N2O4S. The summed E-state index contributed by atoms with van der Waals surface area (Å²) in [5.74, 6) is 1.70. The first-order valence-corrected chi connectivity index (χ1v) is 9.55. The highest BCUT2D eigenvalue weighted by Crippen LogP contribution is 2.37. The van der Waals surface area contributed by atoms with Crippen molar-refractivity contribution in [1.29, 1.82) is 0 Å². The van der Waals surface area contributed by atoms with Gasteiger partial charge >= 0.3 is 0 Å². The molecule has 2 aliphatic rings. The molecule has 3 rings (SSSR count). The van der Waals surface area contributed by atoms with E-state index in [-0.39, 0.29) is 11.9 Å². The normalized spacial score (nSPS) is 19.8. The quantitative estimate of drug-likeness (QED) is 0.567. The van der Waals surface area contributed by atoms with Crippen LogP contribution < -0.4 is 14.2 Å². The number of carbonyl (C=O) groups is 1. The monoisotopic (exact) mass is 390 g/mol. The van der Waals surface area contributed by atoms with E-state index in [1.807, 2.05) is 7.05 Å². The molecule has 0 spiro atoms. The number of carbonyl (C=O) groups excluding carboxylic acids is 1. The molecule has 1 aliphatic heterocycles. The zero-order valence-electron chi connectivity index (χ0n) is 16.3. The molecule has 0 radical (unpaired) electrons. The van der Waals surface area contributed by atoms with Gasteiger partial charge in [-0.25, -0.2) is 0 Å². The van der Waals surface area contributed by atoms with Gasteiger partial charge in [-0.15, -0.1) is 0 Å². The highest BCUT2D eigenvalue weighted by molar-refractivity contribution is 7.80. The van der Waals surface area contributed by atoms with Crippen LogP contribution in [0, 0.1) is 0 Å². The molecule has 0 bridgehead atoms. The van der Waals surface area contributed by atoms with Crippen LogP contribution >= 0.6 is 12.2 Å². The van der Waals surface area contributed by atoms with Gasteiger partial charge in [0.1, 0.15) is 11.4 Å². The number of benzene rings is 1. The number of methoxy groups -OCH3 is 3. The molecule has 6 nitrogen and oxygen atoms in total. The van der Waals surface area contributed by atoms with E-state index in [0.29, 0.717) is 28.1 Å². The highest BCUT2D eigenvalue weighted by atomic mass is 32.1. The van der Waals surface area contributed by atoms with E-state index >= 15 is 0 Å². The lowest BCUT2D eigenvalue weighted by Gasteiger charge is -2.30. The first kappa shape index (κ1) is 19.5. The average molecular weight is 391 g/mol. The van der Waals surface area contributed by atoms with Crippen molar-refractivity contribution in [2.75, 3.05) is 28.4 Å². The minimum Gasteiger partial charge on any atom is -0.496 e. The van der Waals surface area contributed by atoms with Gasteiger partial charge in [0.2, 0.25) is 0 Å². The number of hydrogen-bond acceptors (Lipinski definition) is 5. The molecule has 1 saturated carbocycles. The summed E-state index contributed by atoms with van der Waals surface area (Å²) >= 11 is 5.58. The number of ether oxygens (including phenoxy) is 3. The van der Waals surface area contributed by atoms with E-state index in [4.69, 9.17) is 26.4 Å². The molecule has 27 heavy (non-hydrogen) atoms. The van der Waals surface area contributed by atoms with E-state index in [1.165, 1.54) is 6.42 Å². The van der Waals surface area contributed by atoms with Crippen LogP contribution in [0.5, 0.6) is 17.2 Å². The van der Waals surface area contributed by atoms with Crippen LogP contribution in [0.3, 0.4) is 0 Å². The van der Waals surface area contributed by atoms with Crippen molar-refractivity contribution in [3.05, 3.63) is 23.4 Å². The van der Waals surface area contributed by atoms with Crippen molar-refractivity contribution in [3.8, 4) is 17.2 Å². The maximum atomic E-state index is 13.1. The Morgan fingerprint density at radius 2 is 1.59 bits per heavy atom. The van der Waals surface area contributed by atoms with Crippen LogP contribution in [-0.4, -0.2) is 55.2 Å². The minimum atomic E-state index is -0.0498. The lowest BCUT2D eigenvalue weighted by atomic mass is 9.94. The van der Waals surface area contributed by atoms with E-state index in [2.05, 4.69) is 0 Å². The van der Waals surface area contributed by atoms with Gasteiger partial charge in [0.15, 0.2) is 16.6 Å². The first-order chi connectivity index (χ1) is 13.0. The standard InChI is InChI=1S/C20H26N2O4S/c1-21-15(19(23)22(20(21)27)14-8-6-5-7-9-14)10-13-11-17(25-3)18(26-4)12-16(13)24-2/h10-12,14H,5-9H2,1-4H3/b15-10-. The third-order valence-corrected chi connectivity index (χ3v) is 5.73. The topological polar surface area (TPSA) is 51.2 Å². The number of amides is 1. The molecule has 0 aromatic heterocycles. The fourth-order valence-corrected chi connectivity index (χ4v) is 4.08. The first-order valence-electron chi connectivity index (χ1n) is 9.14. The molecule has 1 amide bonds. The van der Waals surface area contributed by atoms with E-state index in [0.717, 1.165) is 31.2 Å². The molecule has 7 heteroatoms. The van der Waals surface area contributed by atoms with Gasteiger partial charge in [0, 0.05) is 24.7 Å². The zero-order chi connectivity index (χ0) is 19.6. The minimum absolute atomic E-state index is 0.0498. The predicted octanol–water partition coefficient (Wildman–Crippen LogP) is 3.44. The maximum absolute atomic E-state index is 13.1. The van der Waals surface area contributed by atoms with E-state index in [1.54, 1.807) is 49.3 Å². The Bertz CT molecular complexity index is 771. The van der Waals surface area contributed by atoms with Crippen molar-refractivity contribution in [2.24, 2.45) is 0 Å². The summed E-state index contributed by atoms with van der Waals surface area (Å²) in [6, 6.07) is 3.75. The molecule has 1 aromatic carbocycles. The Morgan fingerprint density at radius 3 is 2.19 bits per heavy atom. The SMILES string of the molecule is COc1cc(OC)c(OC)cc1/C=C1/C(=O)N(C2CCCCC2)C(=S)N1C. The number of rotatable bonds is 5. The Kier molecular flexibility index (Phi) is 5.89. The van der Waals surface area contributed by atoms with Gasteiger partial charge in [0.25, 0.3) is 5.91 Å². The van der Waals surface area contributed by atoms with Gasteiger partial charge in [-0.2, -0.15) is 0 Å². The molecule has 0 N–H and O–H groups in total. The zero-order valence-corrected chi connectivity index (χ0v) is 17.1. The van der Waals surface area contributed by atoms with E-state index < -0.39 is 0 Å². The van der Waals surface area contributed by atoms with Gasteiger partial charge in [-0.3, -0.25) is 9.69 Å². The fourth-order valence-electron chi connectivity index (χ4n) is 3.75. The fraction of sp³-hybridized carbons (Fsp3) is 0.500. The molecule has 0 atom stereocenters. The van der Waals surface area contributed by atoms with Crippen molar-refractivity contribution < 1.29 is 19.0 Å². The van der Waals surface area contributed by atoms with Crippen LogP contribution in [0.1, 0.15) is 37.7 Å². The van der Waals surface area contributed by atoms with Crippen LogP contribution in [0.4, 0.5) is 0 Å². The second kappa shape index (κ2) is 8.17. The van der Waals surface area contributed by atoms with Gasteiger partial charge in [-0.1, -0.05) is 19.3 Å². The Labute approximate surface area is 165 Å². The lowest BCUT2D eigenvalue weighted by molar-refractivity contribution is -0.124. The number of thiocarbonyl (C=S) groups is 1. The smallest absolute Gasteiger partial charge is 0.277 e. The Morgan fingerprint density at radius 1 is 1.00 bits per heavy atom. The molecule has 1 saturated heterocycles. The molecule has 1 aromatic rings. The summed E-state index contributed by atoms with van der Waals surface area (Å²) in [5, 5.41) is 0.567. The molecule has 1 heterocycles. The summed E-state index contributed by atoms with van der Waals surface area (Å²) in [6.45, 7) is 0. The number of likely N-dealkylation sites (N-methyl/N-ethyl adjacent to an activating group) is 1. The Hall–Kier alpha value is -2.28. The maximum Gasteiger partial charge on any atom is 0.277 e. The largest absolute Gasteiger partial charge is 0.496 e. The van der Waals surface area contributed by atoms with Crippen molar-refractivity contribution >= 4 is 29.3 Å². The second-order valence-corrected chi connectivity index (χ2v) is 7.15. The van der Waals surface area contributed by atoms with Crippen molar-refractivity contribution in [2.45, 2.75) is 38.1 Å². The van der Waals surface area contributed by atoms with Crippen molar-refractivity contribution in [3.63, 3.8) is 0 Å². The number of nitrogens with zero attached hydrogens (tertiary/aromatic N) is 2. The number of hydrogen-bond donors (Lipinski definition) is 0.